The zero-order chi connectivity index (χ0) is 17.4. The number of benzene rings is 1. The van der Waals surface area contributed by atoms with Crippen molar-refractivity contribution in [3.05, 3.63) is 45.7 Å². The first-order chi connectivity index (χ1) is 11.5. The minimum atomic E-state index is -0.304. The maximum absolute atomic E-state index is 12.4. The standard InChI is InChI=1S/C17H18N2O4S/c1-19-16(21)10-8-13(20)18-15(14(10)17(19)24-4)9-5-6-11(22-2)12(7-9)23-3/h5-8,17H,1-4H3,(H,18,20)/t17-/m1/s1. The Morgan fingerprint density at radius 3 is 2.46 bits per heavy atom. The van der Waals surface area contributed by atoms with E-state index in [1.54, 1.807) is 50.1 Å². The number of pyridine rings is 1. The summed E-state index contributed by atoms with van der Waals surface area (Å²) in [6.07, 6.45) is 1.94. The van der Waals surface area contributed by atoms with Crippen LogP contribution in [0.5, 0.6) is 11.5 Å². The quantitative estimate of drug-likeness (QED) is 0.921. The van der Waals surface area contributed by atoms with Gasteiger partial charge in [-0.15, -0.1) is 11.8 Å². The number of aromatic amines is 1. The number of carbonyl (C=O) groups excluding carboxylic acids is 1. The van der Waals surface area contributed by atoms with Gasteiger partial charge in [-0.2, -0.15) is 0 Å². The second-order valence-corrected chi connectivity index (χ2v) is 6.33. The summed E-state index contributed by atoms with van der Waals surface area (Å²) in [5.74, 6) is 1.02. The summed E-state index contributed by atoms with van der Waals surface area (Å²) in [5, 5.41) is -0.146. The maximum Gasteiger partial charge on any atom is 0.255 e. The number of carbonyl (C=O) groups is 1. The molecule has 1 aliphatic rings. The van der Waals surface area contributed by atoms with Crippen molar-refractivity contribution < 1.29 is 14.3 Å². The molecule has 1 N–H and O–H groups in total. The molecule has 126 valence electrons. The average Bonchev–Trinajstić information content (AvgIpc) is 2.84. The Kier molecular flexibility index (Phi) is 4.28. The lowest BCUT2D eigenvalue weighted by Gasteiger charge is -2.20. The highest BCUT2D eigenvalue weighted by atomic mass is 32.2. The third-order valence-corrected chi connectivity index (χ3v) is 5.13. The van der Waals surface area contributed by atoms with E-state index in [0.29, 0.717) is 22.8 Å². The molecule has 0 saturated carbocycles. The molecule has 0 saturated heterocycles. The van der Waals surface area contributed by atoms with Crippen LogP contribution in [-0.2, 0) is 0 Å². The normalized spacial score (nSPS) is 16.2. The molecular formula is C17H18N2O4S. The van der Waals surface area contributed by atoms with E-state index in [-0.39, 0.29) is 16.8 Å². The molecule has 1 aliphatic heterocycles. The van der Waals surface area contributed by atoms with Crippen LogP contribution in [0.25, 0.3) is 11.3 Å². The smallest absolute Gasteiger partial charge is 0.255 e. The van der Waals surface area contributed by atoms with Crippen LogP contribution in [0.4, 0.5) is 0 Å². The number of rotatable bonds is 4. The SMILES string of the molecule is COc1ccc(-c2[nH]c(=O)cc3c2[C@@H](SC)N(C)C3=O)cc1OC. The number of nitrogens with one attached hydrogen (secondary N) is 1. The number of thioether (sulfide) groups is 1. The van der Waals surface area contributed by atoms with Crippen LogP contribution >= 0.6 is 11.8 Å². The Morgan fingerprint density at radius 2 is 1.83 bits per heavy atom. The van der Waals surface area contributed by atoms with Gasteiger partial charge in [0.15, 0.2) is 11.5 Å². The molecule has 7 heteroatoms. The van der Waals surface area contributed by atoms with Crippen LogP contribution in [-0.4, -0.2) is 43.3 Å². The van der Waals surface area contributed by atoms with Crippen LogP contribution < -0.4 is 15.0 Å². The van der Waals surface area contributed by atoms with Gasteiger partial charge in [0.2, 0.25) is 5.56 Å². The van der Waals surface area contributed by atoms with Gasteiger partial charge >= 0.3 is 0 Å². The number of H-pyrrole nitrogens is 1. The van der Waals surface area contributed by atoms with E-state index >= 15 is 0 Å². The number of aromatic nitrogens is 1. The Hall–Kier alpha value is -2.41. The highest BCUT2D eigenvalue weighted by molar-refractivity contribution is 7.98. The van der Waals surface area contributed by atoms with Crippen LogP contribution in [0.15, 0.2) is 29.1 Å². The average molecular weight is 346 g/mol. The fourth-order valence-corrected chi connectivity index (χ4v) is 3.88. The predicted octanol–water partition coefficient (Wildman–Crippen LogP) is 2.51. The minimum absolute atomic E-state index is 0.142. The molecule has 1 amide bonds. The van der Waals surface area contributed by atoms with Gasteiger partial charge in [0.1, 0.15) is 5.37 Å². The van der Waals surface area contributed by atoms with Crippen molar-refractivity contribution in [1.29, 1.82) is 0 Å². The minimum Gasteiger partial charge on any atom is -0.493 e. The number of nitrogens with zero attached hydrogens (tertiary/aromatic N) is 1. The highest BCUT2D eigenvalue weighted by Crippen LogP contribution is 2.43. The molecule has 1 aromatic heterocycles. The van der Waals surface area contributed by atoms with Crippen molar-refractivity contribution in [3.8, 4) is 22.8 Å². The molecule has 0 aliphatic carbocycles. The first-order valence-corrected chi connectivity index (χ1v) is 8.60. The number of amides is 1. The Bertz CT molecular complexity index is 862. The fraction of sp³-hybridized carbons (Fsp3) is 0.294. The Morgan fingerprint density at radius 1 is 1.12 bits per heavy atom. The largest absolute Gasteiger partial charge is 0.493 e. The monoisotopic (exact) mass is 346 g/mol. The highest BCUT2D eigenvalue weighted by Gasteiger charge is 2.37. The van der Waals surface area contributed by atoms with E-state index < -0.39 is 0 Å². The number of fused-ring (bicyclic) bond motifs is 1. The zero-order valence-electron chi connectivity index (χ0n) is 13.9. The van der Waals surface area contributed by atoms with Crippen LogP contribution in [0.1, 0.15) is 21.3 Å². The molecule has 24 heavy (non-hydrogen) atoms. The molecule has 0 bridgehead atoms. The first kappa shape index (κ1) is 16.4. The summed E-state index contributed by atoms with van der Waals surface area (Å²) < 4.78 is 10.6. The van der Waals surface area contributed by atoms with E-state index in [9.17, 15) is 9.59 Å². The lowest BCUT2D eigenvalue weighted by molar-refractivity contribution is 0.0813. The fourth-order valence-electron chi connectivity index (χ4n) is 2.99. The van der Waals surface area contributed by atoms with E-state index in [4.69, 9.17) is 9.47 Å². The second kappa shape index (κ2) is 6.24. The van der Waals surface area contributed by atoms with Crippen molar-refractivity contribution in [2.75, 3.05) is 27.5 Å². The summed E-state index contributed by atoms with van der Waals surface area (Å²) in [5.41, 5.74) is 2.37. The molecular weight excluding hydrogens is 328 g/mol. The number of methoxy groups -OCH3 is 2. The summed E-state index contributed by atoms with van der Waals surface area (Å²) in [4.78, 5) is 29.0. The van der Waals surface area contributed by atoms with Crippen molar-refractivity contribution in [3.63, 3.8) is 0 Å². The van der Waals surface area contributed by atoms with Crippen LogP contribution in [0.2, 0.25) is 0 Å². The molecule has 1 atom stereocenters. The third-order valence-electron chi connectivity index (χ3n) is 4.13. The van der Waals surface area contributed by atoms with Crippen molar-refractivity contribution in [2.45, 2.75) is 5.37 Å². The molecule has 0 spiro atoms. The van der Waals surface area contributed by atoms with Gasteiger partial charge in [-0.1, -0.05) is 0 Å². The van der Waals surface area contributed by atoms with E-state index in [1.165, 1.54) is 6.07 Å². The molecule has 0 radical (unpaired) electrons. The summed E-state index contributed by atoms with van der Waals surface area (Å²) in [6, 6.07) is 6.78. The zero-order valence-corrected chi connectivity index (χ0v) is 14.7. The topological polar surface area (TPSA) is 71.6 Å². The van der Waals surface area contributed by atoms with Gasteiger partial charge in [-0.25, -0.2) is 0 Å². The van der Waals surface area contributed by atoms with E-state index in [0.717, 1.165) is 11.1 Å². The van der Waals surface area contributed by atoms with E-state index in [1.807, 2.05) is 12.3 Å². The summed E-state index contributed by atoms with van der Waals surface area (Å²) in [7, 11) is 4.87. The molecule has 0 unspecified atom stereocenters. The third kappa shape index (κ3) is 2.45. The van der Waals surface area contributed by atoms with Crippen molar-refractivity contribution in [1.82, 2.24) is 9.88 Å². The van der Waals surface area contributed by atoms with Crippen LogP contribution in [0.3, 0.4) is 0 Å². The Balaban J connectivity index is 2.26. The lowest BCUT2D eigenvalue weighted by atomic mass is 10.0. The van der Waals surface area contributed by atoms with E-state index in [2.05, 4.69) is 4.98 Å². The second-order valence-electron chi connectivity index (χ2n) is 5.41. The molecule has 2 aromatic rings. The molecule has 1 aromatic carbocycles. The first-order valence-electron chi connectivity index (χ1n) is 7.31. The van der Waals surface area contributed by atoms with Gasteiger partial charge in [0.05, 0.1) is 25.5 Å². The maximum atomic E-state index is 12.4. The molecule has 3 rings (SSSR count). The van der Waals surface area contributed by atoms with Crippen LogP contribution in [0, 0.1) is 0 Å². The lowest BCUT2D eigenvalue weighted by Crippen LogP contribution is -2.21. The summed E-state index contributed by atoms with van der Waals surface area (Å²) >= 11 is 1.55. The van der Waals surface area contributed by atoms with Gasteiger partial charge < -0.3 is 19.4 Å². The number of hydrogen-bond acceptors (Lipinski definition) is 5. The molecule has 2 heterocycles. The van der Waals surface area contributed by atoms with Crippen molar-refractivity contribution in [2.24, 2.45) is 0 Å². The number of hydrogen-bond donors (Lipinski definition) is 1. The summed E-state index contributed by atoms with van der Waals surface area (Å²) in [6.45, 7) is 0. The molecule has 0 fully saturated rings. The van der Waals surface area contributed by atoms with Crippen molar-refractivity contribution >= 4 is 17.7 Å². The van der Waals surface area contributed by atoms with Gasteiger partial charge in [-0.3, -0.25) is 9.59 Å². The predicted molar refractivity (Wildman–Crippen MR) is 94.0 cm³/mol. The van der Waals surface area contributed by atoms with Gasteiger partial charge in [0, 0.05) is 24.2 Å². The van der Waals surface area contributed by atoms with Gasteiger partial charge in [-0.05, 0) is 24.5 Å². The molecule has 6 nitrogen and oxygen atoms in total. The number of ether oxygens (including phenoxy) is 2. The Labute approximate surface area is 143 Å². The van der Waals surface area contributed by atoms with Gasteiger partial charge in [0.25, 0.3) is 5.91 Å².